The summed E-state index contributed by atoms with van der Waals surface area (Å²) in [6.07, 6.45) is 5.23. The SMILES string of the molecule is C#CC(C)NCc1cc(OC)ccc1O. The average Bonchev–Trinajstić information content (AvgIpc) is 2.27. The van der Waals surface area contributed by atoms with Crippen molar-refractivity contribution in [2.75, 3.05) is 7.11 Å². The minimum atomic E-state index is -0.0180. The number of hydrogen-bond donors (Lipinski definition) is 2. The van der Waals surface area contributed by atoms with Crippen molar-refractivity contribution in [1.82, 2.24) is 5.32 Å². The third-order valence-corrected chi connectivity index (χ3v) is 2.14. The molecule has 0 saturated heterocycles. The molecule has 0 bridgehead atoms. The molecular weight excluding hydrogens is 190 g/mol. The maximum Gasteiger partial charge on any atom is 0.120 e. The molecule has 1 atom stereocenters. The van der Waals surface area contributed by atoms with Crippen LogP contribution in [-0.2, 0) is 6.54 Å². The number of hydrogen-bond acceptors (Lipinski definition) is 3. The van der Waals surface area contributed by atoms with Gasteiger partial charge in [-0.3, -0.25) is 5.32 Å². The van der Waals surface area contributed by atoms with E-state index in [1.54, 1.807) is 25.3 Å². The molecule has 0 heterocycles. The molecule has 0 aliphatic rings. The highest BCUT2D eigenvalue weighted by Gasteiger charge is 2.04. The van der Waals surface area contributed by atoms with Crippen molar-refractivity contribution in [2.24, 2.45) is 0 Å². The first-order valence-corrected chi connectivity index (χ1v) is 4.72. The Morgan fingerprint density at radius 1 is 1.60 bits per heavy atom. The molecule has 0 aromatic heterocycles. The van der Waals surface area contributed by atoms with Gasteiger partial charge < -0.3 is 9.84 Å². The Hall–Kier alpha value is -1.66. The van der Waals surface area contributed by atoms with Crippen LogP contribution in [0.2, 0.25) is 0 Å². The van der Waals surface area contributed by atoms with Crippen molar-refractivity contribution < 1.29 is 9.84 Å². The maximum absolute atomic E-state index is 9.57. The lowest BCUT2D eigenvalue weighted by atomic mass is 10.2. The van der Waals surface area contributed by atoms with Gasteiger partial charge in [0.05, 0.1) is 13.2 Å². The maximum atomic E-state index is 9.57. The number of ether oxygens (including phenoxy) is 1. The van der Waals surface area contributed by atoms with Crippen LogP contribution < -0.4 is 10.1 Å². The van der Waals surface area contributed by atoms with E-state index in [0.29, 0.717) is 6.54 Å². The highest BCUT2D eigenvalue weighted by molar-refractivity contribution is 5.39. The lowest BCUT2D eigenvalue weighted by molar-refractivity contribution is 0.410. The molecule has 3 nitrogen and oxygen atoms in total. The molecule has 0 fully saturated rings. The first-order chi connectivity index (χ1) is 7.17. The van der Waals surface area contributed by atoms with Crippen LogP contribution in [0.25, 0.3) is 0 Å². The summed E-state index contributed by atoms with van der Waals surface area (Å²) < 4.78 is 5.06. The Labute approximate surface area is 90.1 Å². The minimum Gasteiger partial charge on any atom is -0.508 e. The molecule has 1 unspecified atom stereocenters. The monoisotopic (exact) mass is 205 g/mol. The van der Waals surface area contributed by atoms with Gasteiger partial charge in [-0.25, -0.2) is 0 Å². The Bertz CT molecular complexity index is 368. The third kappa shape index (κ3) is 3.19. The largest absolute Gasteiger partial charge is 0.508 e. The van der Waals surface area contributed by atoms with Crippen molar-refractivity contribution in [3.05, 3.63) is 23.8 Å². The fraction of sp³-hybridized carbons (Fsp3) is 0.333. The normalized spacial score (nSPS) is 11.8. The second-order valence-electron chi connectivity index (χ2n) is 3.26. The van der Waals surface area contributed by atoms with E-state index < -0.39 is 0 Å². The van der Waals surface area contributed by atoms with Gasteiger partial charge in [0.2, 0.25) is 0 Å². The summed E-state index contributed by atoms with van der Waals surface area (Å²) in [6.45, 7) is 2.41. The van der Waals surface area contributed by atoms with E-state index in [2.05, 4.69) is 11.2 Å². The van der Waals surface area contributed by atoms with Gasteiger partial charge in [0.1, 0.15) is 11.5 Å². The summed E-state index contributed by atoms with van der Waals surface area (Å²) in [6, 6.07) is 5.08. The highest BCUT2D eigenvalue weighted by Crippen LogP contribution is 2.22. The summed E-state index contributed by atoms with van der Waals surface area (Å²) >= 11 is 0. The predicted molar refractivity (Wildman–Crippen MR) is 59.8 cm³/mol. The number of terminal acetylenes is 1. The van der Waals surface area contributed by atoms with Crippen molar-refractivity contribution in [3.8, 4) is 23.8 Å². The van der Waals surface area contributed by atoms with E-state index in [9.17, 15) is 5.11 Å². The first-order valence-electron chi connectivity index (χ1n) is 4.72. The van der Waals surface area contributed by atoms with Crippen molar-refractivity contribution in [2.45, 2.75) is 19.5 Å². The van der Waals surface area contributed by atoms with Gasteiger partial charge in [0, 0.05) is 12.1 Å². The van der Waals surface area contributed by atoms with Crippen LogP contribution >= 0.6 is 0 Å². The van der Waals surface area contributed by atoms with E-state index in [1.807, 2.05) is 6.92 Å². The molecule has 0 saturated carbocycles. The quantitative estimate of drug-likeness (QED) is 0.732. The Kier molecular flexibility index (Phi) is 4.02. The molecule has 1 aromatic rings. The second-order valence-corrected chi connectivity index (χ2v) is 3.26. The number of rotatable bonds is 4. The first kappa shape index (κ1) is 11.4. The Morgan fingerprint density at radius 3 is 2.93 bits per heavy atom. The average molecular weight is 205 g/mol. The standard InChI is InChI=1S/C12H15NO2/c1-4-9(2)13-8-10-7-11(15-3)5-6-12(10)14/h1,5-7,9,13-14H,8H2,2-3H3. The molecule has 3 heteroatoms. The fourth-order valence-electron chi connectivity index (χ4n) is 1.15. The van der Waals surface area contributed by atoms with Gasteiger partial charge in [0.15, 0.2) is 0 Å². The van der Waals surface area contributed by atoms with Gasteiger partial charge in [-0.05, 0) is 25.1 Å². The van der Waals surface area contributed by atoms with Crippen LogP contribution in [0.4, 0.5) is 0 Å². The summed E-state index contributed by atoms with van der Waals surface area (Å²) in [5.74, 6) is 3.52. The van der Waals surface area contributed by atoms with E-state index in [1.165, 1.54) is 0 Å². The number of benzene rings is 1. The van der Waals surface area contributed by atoms with E-state index in [0.717, 1.165) is 11.3 Å². The molecular formula is C12H15NO2. The zero-order valence-electron chi connectivity index (χ0n) is 8.95. The van der Waals surface area contributed by atoms with Crippen LogP contribution in [0.15, 0.2) is 18.2 Å². The van der Waals surface area contributed by atoms with Crippen LogP contribution in [0.3, 0.4) is 0 Å². The lowest BCUT2D eigenvalue weighted by Crippen LogP contribution is -2.23. The van der Waals surface area contributed by atoms with Gasteiger partial charge >= 0.3 is 0 Å². The van der Waals surface area contributed by atoms with Gasteiger partial charge in [-0.2, -0.15) is 0 Å². The van der Waals surface area contributed by atoms with Gasteiger partial charge in [-0.1, -0.05) is 5.92 Å². The molecule has 0 aliphatic carbocycles. The molecule has 1 rings (SSSR count). The van der Waals surface area contributed by atoms with Crippen molar-refractivity contribution >= 4 is 0 Å². The molecule has 0 spiro atoms. The second kappa shape index (κ2) is 5.28. The number of phenols is 1. The van der Waals surface area contributed by atoms with E-state index in [-0.39, 0.29) is 11.8 Å². The van der Waals surface area contributed by atoms with Crippen LogP contribution in [0.5, 0.6) is 11.5 Å². The smallest absolute Gasteiger partial charge is 0.120 e. The molecule has 2 N–H and O–H groups in total. The number of phenolic OH excluding ortho intramolecular Hbond substituents is 1. The number of nitrogens with one attached hydrogen (secondary N) is 1. The summed E-state index contributed by atoms with van der Waals surface area (Å²) in [4.78, 5) is 0. The van der Waals surface area contributed by atoms with Crippen molar-refractivity contribution in [1.29, 1.82) is 0 Å². The summed E-state index contributed by atoms with van der Waals surface area (Å²) in [7, 11) is 1.59. The zero-order valence-corrected chi connectivity index (χ0v) is 8.95. The third-order valence-electron chi connectivity index (χ3n) is 2.14. The minimum absolute atomic E-state index is 0.0180. The molecule has 80 valence electrons. The highest BCUT2D eigenvalue weighted by atomic mass is 16.5. The number of methoxy groups -OCH3 is 1. The molecule has 0 radical (unpaired) electrons. The zero-order chi connectivity index (χ0) is 11.3. The molecule has 15 heavy (non-hydrogen) atoms. The van der Waals surface area contributed by atoms with Crippen molar-refractivity contribution in [3.63, 3.8) is 0 Å². The summed E-state index contributed by atoms with van der Waals surface area (Å²) in [5.41, 5.74) is 0.774. The fourth-order valence-corrected chi connectivity index (χ4v) is 1.15. The molecule has 0 amide bonds. The van der Waals surface area contributed by atoms with Gasteiger partial charge in [-0.15, -0.1) is 6.42 Å². The Balaban J connectivity index is 2.71. The van der Waals surface area contributed by atoms with E-state index >= 15 is 0 Å². The summed E-state index contributed by atoms with van der Waals surface area (Å²) in [5, 5.41) is 12.7. The topological polar surface area (TPSA) is 41.5 Å². The van der Waals surface area contributed by atoms with Crippen LogP contribution in [0.1, 0.15) is 12.5 Å². The van der Waals surface area contributed by atoms with Crippen LogP contribution in [-0.4, -0.2) is 18.3 Å². The molecule has 0 aliphatic heterocycles. The predicted octanol–water partition coefficient (Wildman–Crippen LogP) is 1.51. The molecule has 1 aromatic carbocycles. The van der Waals surface area contributed by atoms with Crippen LogP contribution in [0, 0.1) is 12.3 Å². The Morgan fingerprint density at radius 2 is 2.33 bits per heavy atom. The van der Waals surface area contributed by atoms with E-state index in [4.69, 9.17) is 11.2 Å². The lowest BCUT2D eigenvalue weighted by Gasteiger charge is -2.10. The van der Waals surface area contributed by atoms with Gasteiger partial charge in [0.25, 0.3) is 0 Å². The number of aromatic hydroxyl groups is 1.